The van der Waals surface area contributed by atoms with Gasteiger partial charge in [0.1, 0.15) is 17.4 Å². The fourth-order valence-corrected chi connectivity index (χ4v) is 2.62. The van der Waals surface area contributed by atoms with Crippen molar-refractivity contribution in [3.8, 4) is 11.8 Å². The molecule has 1 aromatic carbocycles. The number of nitrogens with zero attached hydrogens (tertiary/aromatic N) is 3. The first-order chi connectivity index (χ1) is 12.2. The lowest BCUT2D eigenvalue weighted by Crippen LogP contribution is -2.57. The van der Waals surface area contributed by atoms with E-state index in [1.165, 1.54) is 9.80 Å². The highest BCUT2D eigenvalue weighted by atomic mass is 16.6. The van der Waals surface area contributed by atoms with Crippen LogP contribution >= 0.6 is 0 Å². The van der Waals surface area contributed by atoms with Gasteiger partial charge in [0.05, 0.1) is 12.6 Å². The quantitative estimate of drug-likeness (QED) is 0.827. The van der Waals surface area contributed by atoms with Crippen LogP contribution in [-0.4, -0.2) is 59.7 Å². The van der Waals surface area contributed by atoms with Crippen molar-refractivity contribution in [2.45, 2.75) is 39.3 Å². The summed E-state index contributed by atoms with van der Waals surface area (Å²) < 4.78 is 10.9. The smallest absolute Gasteiger partial charge is 0.410 e. The third kappa shape index (κ3) is 5.38. The Morgan fingerprint density at radius 3 is 2.65 bits per heavy atom. The minimum absolute atomic E-state index is 0.127. The van der Waals surface area contributed by atoms with E-state index in [0.29, 0.717) is 12.3 Å². The van der Waals surface area contributed by atoms with Gasteiger partial charge in [-0.25, -0.2) is 4.79 Å². The summed E-state index contributed by atoms with van der Waals surface area (Å²) in [6, 6.07) is 8.79. The molecule has 1 aliphatic rings. The molecule has 0 aromatic heterocycles. The molecule has 0 bridgehead atoms. The average molecular weight is 359 g/mol. The van der Waals surface area contributed by atoms with Gasteiger partial charge < -0.3 is 19.3 Å². The largest absolute Gasteiger partial charge is 0.484 e. The molecule has 1 heterocycles. The molecule has 0 radical (unpaired) electrons. The van der Waals surface area contributed by atoms with E-state index < -0.39 is 17.7 Å². The summed E-state index contributed by atoms with van der Waals surface area (Å²) in [7, 11) is 0. The number of piperazine rings is 1. The van der Waals surface area contributed by atoms with Gasteiger partial charge in [0.25, 0.3) is 5.91 Å². The van der Waals surface area contributed by atoms with Crippen molar-refractivity contribution in [3.05, 3.63) is 29.8 Å². The van der Waals surface area contributed by atoms with Gasteiger partial charge in [-0.1, -0.05) is 12.1 Å². The van der Waals surface area contributed by atoms with Gasteiger partial charge >= 0.3 is 6.09 Å². The van der Waals surface area contributed by atoms with E-state index in [4.69, 9.17) is 9.47 Å². The second-order valence-electron chi connectivity index (χ2n) is 7.26. The predicted molar refractivity (Wildman–Crippen MR) is 95.6 cm³/mol. The Labute approximate surface area is 154 Å². The first kappa shape index (κ1) is 19.6. The van der Waals surface area contributed by atoms with Crippen molar-refractivity contribution in [1.29, 1.82) is 5.26 Å². The van der Waals surface area contributed by atoms with E-state index in [2.05, 4.69) is 6.07 Å². The van der Waals surface area contributed by atoms with E-state index in [-0.39, 0.29) is 25.6 Å². The minimum Gasteiger partial charge on any atom is -0.484 e. The first-order valence-corrected chi connectivity index (χ1v) is 8.56. The fourth-order valence-electron chi connectivity index (χ4n) is 2.62. The summed E-state index contributed by atoms with van der Waals surface area (Å²) in [4.78, 5) is 27.5. The Bertz CT molecular complexity index is 705. The van der Waals surface area contributed by atoms with E-state index in [0.717, 1.165) is 5.56 Å². The fraction of sp³-hybridized carbons (Fsp3) is 0.526. The maximum atomic E-state index is 12.4. The molecule has 1 saturated heterocycles. The number of ether oxygens (including phenoxy) is 2. The van der Waals surface area contributed by atoms with Gasteiger partial charge in [0, 0.05) is 13.1 Å². The van der Waals surface area contributed by atoms with Crippen LogP contribution in [0.5, 0.6) is 5.75 Å². The summed E-state index contributed by atoms with van der Waals surface area (Å²) in [6.45, 7) is 7.88. The van der Waals surface area contributed by atoms with Crippen LogP contribution in [0.15, 0.2) is 24.3 Å². The van der Waals surface area contributed by atoms with E-state index in [9.17, 15) is 14.9 Å². The Balaban J connectivity index is 1.93. The van der Waals surface area contributed by atoms with Crippen LogP contribution in [0, 0.1) is 18.3 Å². The van der Waals surface area contributed by atoms with Crippen LogP contribution in [-0.2, 0) is 9.53 Å². The molecule has 1 fully saturated rings. The third-order valence-corrected chi connectivity index (χ3v) is 3.85. The SMILES string of the molecule is Cc1cccc(OCC(=O)N2CCN(C(=O)OC(C)(C)C)C[C@H]2C#N)c1. The molecule has 26 heavy (non-hydrogen) atoms. The lowest BCUT2D eigenvalue weighted by molar-refractivity contribution is -0.136. The van der Waals surface area contributed by atoms with Gasteiger partial charge in [-0.3, -0.25) is 4.79 Å². The number of carbonyl (C=O) groups excluding carboxylic acids is 2. The van der Waals surface area contributed by atoms with E-state index in [1.54, 1.807) is 26.8 Å². The highest BCUT2D eigenvalue weighted by Crippen LogP contribution is 2.16. The molecule has 0 saturated carbocycles. The highest BCUT2D eigenvalue weighted by molar-refractivity contribution is 5.79. The number of benzene rings is 1. The third-order valence-electron chi connectivity index (χ3n) is 3.85. The van der Waals surface area contributed by atoms with Crippen molar-refractivity contribution in [1.82, 2.24) is 9.80 Å². The summed E-state index contributed by atoms with van der Waals surface area (Å²) in [6.07, 6.45) is -0.471. The van der Waals surface area contributed by atoms with Crippen molar-refractivity contribution >= 4 is 12.0 Å². The molecule has 0 spiro atoms. The molecule has 1 aliphatic heterocycles. The number of hydrogen-bond acceptors (Lipinski definition) is 5. The van der Waals surface area contributed by atoms with Gasteiger partial charge in [-0.2, -0.15) is 5.26 Å². The Kier molecular flexibility index (Phi) is 6.09. The second kappa shape index (κ2) is 8.09. The topological polar surface area (TPSA) is 82.9 Å². The molecule has 0 aliphatic carbocycles. The number of hydrogen-bond donors (Lipinski definition) is 0. The number of amides is 2. The Morgan fingerprint density at radius 1 is 1.31 bits per heavy atom. The van der Waals surface area contributed by atoms with Crippen LogP contribution in [0.4, 0.5) is 4.79 Å². The molecule has 1 atom stereocenters. The van der Waals surface area contributed by atoms with Crippen LogP contribution in [0.25, 0.3) is 0 Å². The number of carbonyl (C=O) groups is 2. The molecule has 0 N–H and O–H groups in total. The van der Waals surface area contributed by atoms with Gasteiger partial charge in [0.15, 0.2) is 6.61 Å². The number of aryl methyl sites for hydroxylation is 1. The molecule has 2 amide bonds. The maximum absolute atomic E-state index is 12.4. The summed E-state index contributed by atoms with van der Waals surface area (Å²) in [5.41, 5.74) is 0.434. The standard InChI is InChI=1S/C19H25N3O4/c1-14-6-5-7-16(10-14)25-13-17(23)22-9-8-21(12-15(22)11-20)18(24)26-19(2,3)4/h5-7,10,15H,8-9,12-13H2,1-4H3/t15-/m1/s1. The lowest BCUT2D eigenvalue weighted by Gasteiger charge is -2.38. The predicted octanol–water partition coefficient (Wildman–Crippen LogP) is 2.35. The average Bonchev–Trinajstić information content (AvgIpc) is 2.57. The normalized spacial score (nSPS) is 17.4. The van der Waals surface area contributed by atoms with Crippen LogP contribution in [0.3, 0.4) is 0 Å². The molecule has 7 nitrogen and oxygen atoms in total. The van der Waals surface area contributed by atoms with Crippen molar-refractivity contribution in [2.24, 2.45) is 0 Å². The Morgan fingerprint density at radius 2 is 2.04 bits per heavy atom. The first-order valence-electron chi connectivity index (χ1n) is 8.56. The summed E-state index contributed by atoms with van der Waals surface area (Å²) in [5, 5.41) is 9.40. The molecule has 140 valence electrons. The molecule has 7 heteroatoms. The van der Waals surface area contributed by atoms with Gasteiger partial charge in [-0.05, 0) is 45.4 Å². The monoisotopic (exact) mass is 359 g/mol. The van der Waals surface area contributed by atoms with Crippen LogP contribution < -0.4 is 4.74 Å². The second-order valence-corrected chi connectivity index (χ2v) is 7.26. The van der Waals surface area contributed by atoms with Gasteiger partial charge in [0.2, 0.25) is 0 Å². The molecular formula is C19H25N3O4. The molecule has 2 rings (SSSR count). The highest BCUT2D eigenvalue weighted by Gasteiger charge is 2.34. The maximum Gasteiger partial charge on any atom is 0.410 e. The molecule has 0 unspecified atom stereocenters. The van der Waals surface area contributed by atoms with Gasteiger partial charge in [-0.15, -0.1) is 0 Å². The summed E-state index contributed by atoms with van der Waals surface area (Å²) in [5.74, 6) is 0.334. The van der Waals surface area contributed by atoms with E-state index >= 15 is 0 Å². The number of nitriles is 1. The van der Waals surface area contributed by atoms with Crippen LogP contribution in [0.2, 0.25) is 0 Å². The zero-order valence-electron chi connectivity index (χ0n) is 15.7. The zero-order chi connectivity index (χ0) is 19.3. The zero-order valence-corrected chi connectivity index (χ0v) is 15.7. The molecule has 1 aromatic rings. The lowest BCUT2D eigenvalue weighted by atomic mass is 10.2. The van der Waals surface area contributed by atoms with Crippen molar-refractivity contribution < 1.29 is 19.1 Å². The van der Waals surface area contributed by atoms with Crippen molar-refractivity contribution in [2.75, 3.05) is 26.2 Å². The summed E-state index contributed by atoms with van der Waals surface area (Å²) >= 11 is 0. The molecular weight excluding hydrogens is 334 g/mol. The van der Waals surface area contributed by atoms with Crippen LogP contribution in [0.1, 0.15) is 26.3 Å². The van der Waals surface area contributed by atoms with Crippen molar-refractivity contribution in [3.63, 3.8) is 0 Å². The Hall–Kier alpha value is -2.75. The number of rotatable bonds is 3. The van der Waals surface area contributed by atoms with E-state index in [1.807, 2.05) is 25.1 Å². The minimum atomic E-state index is -0.718.